The first kappa shape index (κ1) is 17.5. The lowest BCUT2D eigenvalue weighted by Gasteiger charge is -2.19. The van der Waals surface area contributed by atoms with E-state index in [0.29, 0.717) is 24.7 Å². The van der Waals surface area contributed by atoms with Crippen LogP contribution in [0, 0.1) is 11.6 Å². The van der Waals surface area contributed by atoms with Crippen molar-refractivity contribution in [3.8, 4) is 11.5 Å². The maximum absolute atomic E-state index is 13.7. The molecule has 0 fully saturated rings. The van der Waals surface area contributed by atoms with Crippen LogP contribution in [0.15, 0.2) is 41.3 Å². The van der Waals surface area contributed by atoms with Crippen molar-refractivity contribution in [3.05, 3.63) is 53.6 Å². The summed E-state index contributed by atoms with van der Waals surface area (Å²) in [5.74, 6) is -0.0245. The van der Waals surface area contributed by atoms with Crippen molar-refractivity contribution in [1.82, 2.24) is 5.32 Å². The van der Waals surface area contributed by atoms with E-state index in [0.717, 1.165) is 11.0 Å². The van der Waals surface area contributed by atoms with Gasteiger partial charge in [0.1, 0.15) is 24.8 Å². The number of ether oxygens (including phenoxy) is 2. The fourth-order valence-corrected chi connectivity index (χ4v) is 3.21. The van der Waals surface area contributed by atoms with Crippen molar-refractivity contribution < 1.29 is 23.0 Å². The van der Waals surface area contributed by atoms with Crippen LogP contribution in [-0.4, -0.2) is 24.9 Å². The quantitative estimate of drug-likeness (QED) is 0.821. The minimum Gasteiger partial charge on any atom is -0.486 e. The maximum Gasteiger partial charge on any atom is 0.230 e. The number of benzene rings is 2. The second-order valence-electron chi connectivity index (χ2n) is 5.55. The van der Waals surface area contributed by atoms with Gasteiger partial charge in [0.2, 0.25) is 5.91 Å². The summed E-state index contributed by atoms with van der Waals surface area (Å²) in [4.78, 5) is 13.0. The molecule has 4 nitrogen and oxygen atoms in total. The highest BCUT2D eigenvalue weighted by Gasteiger charge is 2.16. The number of rotatable bonds is 5. The van der Waals surface area contributed by atoms with Gasteiger partial charge in [-0.05, 0) is 31.2 Å². The summed E-state index contributed by atoms with van der Waals surface area (Å²) >= 11 is 1.34. The van der Waals surface area contributed by atoms with Crippen molar-refractivity contribution in [3.63, 3.8) is 0 Å². The first-order valence-corrected chi connectivity index (χ1v) is 8.78. The average molecular weight is 365 g/mol. The minimum absolute atomic E-state index is 0.173. The van der Waals surface area contributed by atoms with Crippen molar-refractivity contribution >= 4 is 17.7 Å². The Hall–Kier alpha value is -2.28. The van der Waals surface area contributed by atoms with E-state index >= 15 is 0 Å². The van der Waals surface area contributed by atoms with Crippen LogP contribution in [0.4, 0.5) is 8.78 Å². The molecule has 0 aliphatic carbocycles. The number of carbonyl (C=O) groups is 1. The Balaban J connectivity index is 1.55. The number of thioether (sulfide) groups is 1. The van der Waals surface area contributed by atoms with Crippen molar-refractivity contribution in [2.45, 2.75) is 17.9 Å². The Morgan fingerprint density at radius 2 is 1.92 bits per heavy atom. The number of fused-ring (bicyclic) bond motifs is 1. The first-order chi connectivity index (χ1) is 12.0. The molecule has 0 bridgehead atoms. The van der Waals surface area contributed by atoms with Gasteiger partial charge in [-0.2, -0.15) is 0 Å². The van der Waals surface area contributed by atoms with E-state index in [-0.39, 0.29) is 17.2 Å². The lowest BCUT2D eigenvalue weighted by Crippen LogP contribution is -2.28. The molecular formula is C18H17F2NO3S. The molecule has 1 aliphatic rings. The fourth-order valence-electron chi connectivity index (χ4n) is 2.48. The molecule has 132 valence electrons. The molecule has 2 aromatic carbocycles. The average Bonchev–Trinajstić information content (AvgIpc) is 2.59. The third-order valence-corrected chi connectivity index (χ3v) is 4.68. The standard InChI is InChI=1S/C18H17F2NO3S/c1-11(14-4-2-12(19)8-15(14)20)21-18(22)10-25-13-3-5-16-17(9-13)24-7-6-23-16/h2-5,8-9,11H,6-7,10H2,1H3,(H,21,22)/t11-/m0/s1. The highest BCUT2D eigenvalue weighted by atomic mass is 32.2. The monoisotopic (exact) mass is 365 g/mol. The number of amides is 1. The fraction of sp³-hybridized carbons (Fsp3) is 0.278. The highest BCUT2D eigenvalue weighted by molar-refractivity contribution is 8.00. The van der Waals surface area contributed by atoms with Crippen LogP contribution in [0.1, 0.15) is 18.5 Å². The molecule has 25 heavy (non-hydrogen) atoms. The molecule has 1 aliphatic heterocycles. The lowest BCUT2D eigenvalue weighted by molar-refractivity contribution is -0.119. The molecule has 3 rings (SSSR count). The van der Waals surface area contributed by atoms with E-state index in [1.165, 1.54) is 23.9 Å². The second-order valence-corrected chi connectivity index (χ2v) is 6.60. The third kappa shape index (κ3) is 4.42. The van der Waals surface area contributed by atoms with E-state index < -0.39 is 17.7 Å². The summed E-state index contributed by atoms with van der Waals surface area (Å²) < 4.78 is 37.6. The third-order valence-electron chi connectivity index (χ3n) is 3.69. The molecule has 2 aromatic rings. The SMILES string of the molecule is C[C@H](NC(=O)CSc1ccc2c(c1)OCCO2)c1ccc(F)cc1F. The maximum atomic E-state index is 13.7. The molecule has 1 amide bonds. The summed E-state index contributed by atoms with van der Waals surface area (Å²) in [6.45, 7) is 2.69. The van der Waals surface area contributed by atoms with Gasteiger partial charge in [0.25, 0.3) is 0 Å². The summed E-state index contributed by atoms with van der Waals surface area (Å²) in [5, 5.41) is 2.71. The molecule has 1 heterocycles. The van der Waals surface area contributed by atoms with Gasteiger partial charge in [0.05, 0.1) is 11.8 Å². The molecule has 0 saturated carbocycles. The normalized spacial score (nSPS) is 14.0. The Kier molecular flexibility index (Phi) is 5.43. The number of hydrogen-bond acceptors (Lipinski definition) is 4. The number of halogens is 2. The van der Waals surface area contributed by atoms with Crippen LogP contribution in [0.5, 0.6) is 11.5 Å². The van der Waals surface area contributed by atoms with Gasteiger partial charge in [-0.25, -0.2) is 8.78 Å². The van der Waals surface area contributed by atoms with Crippen LogP contribution in [-0.2, 0) is 4.79 Å². The zero-order chi connectivity index (χ0) is 17.8. The predicted octanol–water partition coefficient (Wildman–Crippen LogP) is 3.71. The Labute approximate surface area is 148 Å². The highest BCUT2D eigenvalue weighted by Crippen LogP contribution is 2.34. The van der Waals surface area contributed by atoms with Crippen LogP contribution >= 0.6 is 11.8 Å². The number of carbonyl (C=O) groups excluding carboxylic acids is 1. The van der Waals surface area contributed by atoms with E-state index in [4.69, 9.17) is 9.47 Å². The van der Waals surface area contributed by atoms with Gasteiger partial charge in [-0.3, -0.25) is 4.79 Å². The molecule has 1 N–H and O–H groups in total. The zero-order valence-electron chi connectivity index (χ0n) is 13.6. The second kappa shape index (κ2) is 7.74. The summed E-state index contributed by atoms with van der Waals surface area (Å²) in [7, 11) is 0. The van der Waals surface area contributed by atoms with E-state index in [2.05, 4.69) is 5.32 Å². The lowest BCUT2D eigenvalue weighted by atomic mass is 10.1. The molecule has 1 atom stereocenters. The Bertz CT molecular complexity index is 785. The Morgan fingerprint density at radius 1 is 1.16 bits per heavy atom. The molecular weight excluding hydrogens is 348 g/mol. The van der Waals surface area contributed by atoms with Gasteiger partial charge >= 0.3 is 0 Å². The largest absolute Gasteiger partial charge is 0.486 e. The Morgan fingerprint density at radius 3 is 2.68 bits per heavy atom. The van der Waals surface area contributed by atoms with Gasteiger partial charge in [0.15, 0.2) is 11.5 Å². The van der Waals surface area contributed by atoms with Crippen molar-refractivity contribution in [1.29, 1.82) is 0 Å². The van der Waals surface area contributed by atoms with Crippen LogP contribution in [0.2, 0.25) is 0 Å². The summed E-state index contributed by atoms with van der Waals surface area (Å²) in [6, 6.07) is 8.26. The number of nitrogens with one attached hydrogen (secondary N) is 1. The first-order valence-electron chi connectivity index (χ1n) is 7.79. The smallest absolute Gasteiger partial charge is 0.230 e. The predicted molar refractivity (Wildman–Crippen MR) is 91.1 cm³/mol. The summed E-state index contributed by atoms with van der Waals surface area (Å²) in [5.41, 5.74) is 0.249. The zero-order valence-corrected chi connectivity index (χ0v) is 14.4. The molecule has 0 radical (unpaired) electrons. The minimum atomic E-state index is -0.674. The molecule has 0 aromatic heterocycles. The van der Waals surface area contributed by atoms with Gasteiger partial charge in [0, 0.05) is 16.5 Å². The van der Waals surface area contributed by atoms with Gasteiger partial charge in [-0.15, -0.1) is 11.8 Å². The molecule has 0 saturated heterocycles. The van der Waals surface area contributed by atoms with Crippen molar-refractivity contribution in [2.24, 2.45) is 0 Å². The van der Waals surface area contributed by atoms with E-state index in [1.54, 1.807) is 6.92 Å². The molecule has 0 spiro atoms. The van der Waals surface area contributed by atoms with E-state index in [1.807, 2.05) is 18.2 Å². The van der Waals surface area contributed by atoms with E-state index in [9.17, 15) is 13.6 Å². The van der Waals surface area contributed by atoms with Crippen molar-refractivity contribution in [2.75, 3.05) is 19.0 Å². The van der Waals surface area contributed by atoms with Crippen LogP contribution in [0.25, 0.3) is 0 Å². The summed E-state index contributed by atoms with van der Waals surface area (Å²) in [6.07, 6.45) is 0. The van der Waals surface area contributed by atoms with Crippen LogP contribution in [0.3, 0.4) is 0 Å². The molecule has 0 unspecified atom stereocenters. The number of hydrogen-bond donors (Lipinski definition) is 1. The topological polar surface area (TPSA) is 47.6 Å². The van der Waals surface area contributed by atoms with Gasteiger partial charge < -0.3 is 14.8 Å². The van der Waals surface area contributed by atoms with Gasteiger partial charge in [-0.1, -0.05) is 6.07 Å². The molecule has 7 heteroatoms. The van der Waals surface area contributed by atoms with Crippen LogP contribution < -0.4 is 14.8 Å².